The van der Waals surface area contributed by atoms with Crippen LogP contribution in [0.5, 0.6) is 0 Å². The average Bonchev–Trinajstić information content (AvgIpc) is 3.38. The molecule has 3 heteroatoms. The van der Waals surface area contributed by atoms with Crippen molar-refractivity contribution >= 4 is 61.5 Å². The Hall–Kier alpha value is -1.97. The van der Waals surface area contributed by atoms with Crippen LogP contribution in [0, 0.1) is 13.8 Å². The summed E-state index contributed by atoms with van der Waals surface area (Å²) in [5.41, 5.74) is 2.96. The number of rotatable bonds is 4. The van der Waals surface area contributed by atoms with Gasteiger partial charge in [-0.15, -0.1) is 56.9 Å². The van der Waals surface area contributed by atoms with E-state index >= 15 is 0 Å². The number of aryl methyl sites for hydroxylation is 2. The Morgan fingerprint density at radius 3 is 1.37 bits per heavy atom. The van der Waals surface area contributed by atoms with Crippen molar-refractivity contribution in [3.63, 3.8) is 0 Å². The van der Waals surface area contributed by atoms with Crippen LogP contribution in [0.15, 0.2) is 84.9 Å². The molecule has 0 heterocycles. The van der Waals surface area contributed by atoms with Crippen LogP contribution in [0.3, 0.4) is 0 Å². The summed E-state index contributed by atoms with van der Waals surface area (Å²) in [5.74, 6) is 0. The van der Waals surface area contributed by atoms with Crippen LogP contribution in [0.4, 0.5) is 0 Å². The van der Waals surface area contributed by atoms with Crippen molar-refractivity contribution < 1.29 is 37.7 Å². The van der Waals surface area contributed by atoms with Crippen LogP contribution in [-0.2, 0) is 0 Å². The molecule has 0 saturated carbocycles. The van der Waals surface area contributed by atoms with Gasteiger partial charge in [-0.1, -0.05) is 111 Å². The minimum absolute atomic E-state index is 0. The Morgan fingerprint density at radius 2 is 0.971 bits per heavy atom. The van der Waals surface area contributed by atoms with Gasteiger partial charge in [-0.25, -0.2) is 0 Å². The molecule has 0 atom stereocenters. The summed E-state index contributed by atoms with van der Waals surface area (Å²) in [6.07, 6.45) is 0. The van der Waals surface area contributed by atoms with Gasteiger partial charge >= 0.3 is 37.7 Å². The van der Waals surface area contributed by atoms with E-state index < -0.39 is 8.07 Å². The first kappa shape index (κ1) is 26.1. The SMILES string of the molecule is CC[Si](CC)(c1c(C)[cH-]c2ccc3ccccc3c12)c1c(C)[cH-]c2ccc3ccccc3c12.[Li+].[Li+]. The number of hydrogen-bond donors (Lipinski definition) is 0. The molecule has 0 aromatic heterocycles. The van der Waals surface area contributed by atoms with Crippen LogP contribution in [0.1, 0.15) is 25.0 Å². The fraction of sp³-hybridized carbons (Fsp3) is 0.188. The largest absolute Gasteiger partial charge is 1.00 e. The summed E-state index contributed by atoms with van der Waals surface area (Å²) in [4.78, 5) is 0. The summed E-state index contributed by atoms with van der Waals surface area (Å²) in [6, 6.07) is 34.5. The summed E-state index contributed by atoms with van der Waals surface area (Å²) in [5, 5.41) is 14.7. The van der Waals surface area contributed by atoms with Crippen LogP contribution in [0.25, 0.3) is 43.1 Å². The van der Waals surface area contributed by atoms with Crippen molar-refractivity contribution in [2.24, 2.45) is 0 Å². The first-order valence-corrected chi connectivity index (χ1v) is 14.7. The standard InChI is InChI=1S/C32H30Si.2Li/c1-5-33(6-2,31-21(3)19-25-17-15-23-11-7-9-13-27(23)29(25)31)32-22(4)20-26-18-16-24-12-8-10-14-28(24)30(26)32;;/h7-20H,5-6H2,1-4H3;;/q-2;2*+1. The van der Waals surface area contributed by atoms with Crippen molar-refractivity contribution in [1.82, 2.24) is 0 Å². The van der Waals surface area contributed by atoms with E-state index in [1.807, 2.05) is 0 Å². The molecule has 0 aliphatic rings. The third-order valence-electron chi connectivity index (χ3n) is 8.12. The van der Waals surface area contributed by atoms with Crippen molar-refractivity contribution in [2.75, 3.05) is 0 Å². The van der Waals surface area contributed by atoms with Crippen LogP contribution in [0.2, 0.25) is 12.1 Å². The van der Waals surface area contributed by atoms with E-state index in [2.05, 4.69) is 113 Å². The van der Waals surface area contributed by atoms with Gasteiger partial charge in [0.15, 0.2) is 0 Å². The Labute approximate surface area is 233 Å². The quantitative estimate of drug-likeness (QED) is 0.281. The first-order valence-electron chi connectivity index (χ1n) is 12.3. The molecular formula is C32H30Li2Si. The predicted octanol–water partition coefficient (Wildman–Crippen LogP) is 1.96. The van der Waals surface area contributed by atoms with Crippen molar-refractivity contribution in [1.29, 1.82) is 0 Å². The normalized spacial score (nSPS) is 11.8. The molecule has 6 aromatic carbocycles. The monoisotopic (exact) mass is 456 g/mol. The van der Waals surface area contributed by atoms with Gasteiger partial charge in [0.1, 0.15) is 0 Å². The average molecular weight is 457 g/mol. The van der Waals surface area contributed by atoms with Crippen molar-refractivity contribution in [2.45, 2.75) is 39.8 Å². The summed E-state index contributed by atoms with van der Waals surface area (Å²) in [7, 11) is -2.04. The van der Waals surface area contributed by atoms with E-state index in [4.69, 9.17) is 0 Å². The second-order valence-corrected chi connectivity index (χ2v) is 14.3. The summed E-state index contributed by atoms with van der Waals surface area (Å²) >= 11 is 0. The molecular weight excluding hydrogens is 426 g/mol. The fourth-order valence-electron chi connectivity index (χ4n) is 6.70. The second-order valence-electron chi connectivity index (χ2n) is 9.70. The molecule has 0 spiro atoms. The number of benzene rings is 4. The van der Waals surface area contributed by atoms with E-state index in [1.54, 1.807) is 10.4 Å². The molecule has 0 amide bonds. The van der Waals surface area contributed by atoms with Crippen LogP contribution >= 0.6 is 0 Å². The fourth-order valence-corrected chi connectivity index (χ4v) is 12.0. The Morgan fingerprint density at radius 1 is 0.571 bits per heavy atom. The van der Waals surface area contributed by atoms with Crippen molar-refractivity contribution in [3.8, 4) is 0 Å². The molecule has 0 bridgehead atoms. The van der Waals surface area contributed by atoms with E-state index in [1.165, 1.54) is 66.3 Å². The zero-order valence-corrected chi connectivity index (χ0v) is 23.0. The maximum atomic E-state index is 2.45. The molecule has 0 saturated heterocycles. The maximum Gasteiger partial charge on any atom is 1.00 e. The van der Waals surface area contributed by atoms with Gasteiger partial charge in [0.05, 0.1) is 0 Å². The van der Waals surface area contributed by atoms with Gasteiger partial charge in [0.25, 0.3) is 0 Å². The van der Waals surface area contributed by atoms with Crippen molar-refractivity contribution in [3.05, 3.63) is 96.1 Å². The van der Waals surface area contributed by atoms with Gasteiger partial charge in [-0.2, -0.15) is 10.4 Å². The molecule has 0 fully saturated rings. The number of hydrogen-bond acceptors (Lipinski definition) is 0. The van der Waals surface area contributed by atoms with E-state index in [0.717, 1.165) is 0 Å². The molecule has 0 unspecified atom stereocenters. The molecule has 6 aromatic rings. The molecule has 0 aliphatic carbocycles. The Kier molecular flexibility index (Phi) is 7.33. The van der Waals surface area contributed by atoms with Gasteiger partial charge in [-0.05, 0) is 10.8 Å². The topological polar surface area (TPSA) is 0 Å². The Bertz CT molecular complexity index is 1540. The smallest absolute Gasteiger partial charge is 0.158 e. The molecule has 6 rings (SSSR count). The van der Waals surface area contributed by atoms with Gasteiger partial charge < -0.3 is 0 Å². The molecule has 164 valence electrons. The van der Waals surface area contributed by atoms with E-state index in [-0.39, 0.29) is 37.7 Å². The molecule has 0 radical (unpaired) electrons. The van der Waals surface area contributed by atoms with E-state index in [0.29, 0.717) is 0 Å². The predicted molar refractivity (Wildman–Crippen MR) is 150 cm³/mol. The first-order chi connectivity index (χ1) is 16.1. The van der Waals surface area contributed by atoms with Gasteiger partial charge in [0.2, 0.25) is 0 Å². The maximum absolute atomic E-state index is 2.45. The second kappa shape index (κ2) is 9.82. The molecule has 0 nitrogen and oxygen atoms in total. The summed E-state index contributed by atoms with van der Waals surface area (Å²) in [6.45, 7) is 9.61. The van der Waals surface area contributed by atoms with Crippen LogP contribution in [-0.4, -0.2) is 8.07 Å². The summed E-state index contributed by atoms with van der Waals surface area (Å²) < 4.78 is 0. The molecule has 0 N–H and O–H groups in total. The van der Waals surface area contributed by atoms with Gasteiger partial charge in [-0.3, -0.25) is 0 Å². The number of fused-ring (bicyclic) bond motifs is 6. The van der Waals surface area contributed by atoms with E-state index in [9.17, 15) is 0 Å². The molecule has 35 heavy (non-hydrogen) atoms. The Balaban J connectivity index is 0.00000144. The van der Waals surface area contributed by atoms with Crippen LogP contribution < -0.4 is 48.1 Å². The molecule has 0 aliphatic heterocycles. The zero-order valence-electron chi connectivity index (χ0n) is 22.0. The zero-order chi connectivity index (χ0) is 22.7. The third-order valence-corrected chi connectivity index (χ3v) is 13.7. The van der Waals surface area contributed by atoms with Gasteiger partial charge in [0, 0.05) is 8.07 Å². The minimum atomic E-state index is -2.04. The minimum Gasteiger partial charge on any atom is -0.158 e. The third kappa shape index (κ3) is 3.73.